The number of benzene rings is 1. The highest BCUT2D eigenvalue weighted by Gasteiger charge is 2.63. The lowest BCUT2D eigenvalue weighted by atomic mass is 9.57. The Morgan fingerprint density at radius 3 is 1.94 bits per heavy atom. The van der Waals surface area contributed by atoms with Crippen LogP contribution in [0, 0.1) is 29.6 Å². The van der Waals surface area contributed by atoms with Crippen LogP contribution in [0.25, 0.3) is 0 Å². The zero-order valence-corrected chi connectivity index (χ0v) is 23.1. The van der Waals surface area contributed by atoms with Crippen molar-refractivity contribution in [2.75, 3.05) is 0 Å². The Morgan fingerprint density at radius 1 is 0.806 bits per heavy atom. The Kier molecular flexibility index (Phi) is 5.60. The van der Waals surface area contributed by atoms with E-state index in [-0.39, 0.29) is 35.3 Å². The van der Waals surface area contributed by atoms with Crippen molar-refractivity contribution in [3.05, 3.63) is 39.9 Å². The maximum atomic E-state index is 13.8. The molecule has 1 N–H and O–H groups in total. The predicted molar refractivity (Wildman–Crippen MR) is 137 cm³/mol. The number of phenols is 1. The van der Waals surface area contributed by atoms with Crippen LogP contribution in [0.5, 0.6) is 5.75 Å². The summed E-state index contributed by atoms with van der Waals surface area (Å²) in [6.45, 7) is 11.1. The lowest BCUT2D eigenvalue weighted by molar-refractivity contribution is -0.147. The average molecular weight is 557 g/mol. The van der Waals surface area contributed by atoms with Crippen molar-refractivity contribution >= 4 is 39.6 Å². The zero-order chi connectivity index (χ0) is 26.5. The second-order valence-electron chi connectivity index (χ2n) is 12.6. The van der Waals surface area contributed by atoms with E-state index in [2.05, 4.69) is 15.9 Å². The molecule has 1 aromatic carbocycles. The maximum Gasteiger partial charge on any atom is 0.234 e. The first-order valence-corrected chi connectivity index (χ1v) is 13.4. The molecule has 5 rings (SSSR count). The van der Waals surface area contributed by atoms with Gasteiger partial charge in [-0.1, -0.05) is 27.6 Å². The average Bonchev–Trinajstić information content (AvgIpc) is 3.17. The van der Waals surface area contributed by atoms with Crippen LogP contribution in [0.2, 0.25) is 0 Å². The fraction of sp³-hybridized carbons (Fsp3) is 0.571. The summed E-state index contributed by atoms with van der Waals surface area (Å²) < 4.78 is 0.749. The largest absolute Gasteiger partial charge is 0.508 e. The first-order chi connectivity index (χ1) is 16.6. The smallest absolute Gasteiger partial charge is 0.234 e. The minimum Gasteiger partial charge on any atom is -0.508 e. The highest BCUT2D eigenvalue weighted by molar-refractivity contribution is 9.10. The second kappa shape index (κ2) is 8.01. The number of amides is 4. The standard InChI is InChI=1S/C28H33BrN2O5/c1-27(2,3)30-23(33)15-9-8-14-16(21(15)25(30)35)12-18-22(26(36)31(24(18)34)28(4,5)6)20(14)17-11-13(29)7-10-19(17)32/h7-8,10-11,15-16,18,20-22,32H,9,12H2,1-6H3. The van der Waals surface area contributed by atoms with Gasteiger partial charge in [0.25, 0.3) is 0 Å². The molecule has 192 valence electrons. The van der Waals surface area contributed by atoms with Crippen molar-refractivity contribution in [2.24, 2.45) is 29.6 Å². The number of imide groups is 2. The van der Waals surface area contributed by atoms with E-state index in [0.717, 1.165) is 10.0 Å². The minimum atomic E-state index is -0.695. The van der Waals surface area contributed by atoms with Crippen molar-refractivity contribution in [2.45, 2.75) is 71.4 Å². The summed E-state index contributed by atoms with van der Waals surface area (Å²) in [6, 6.07) is 5.11. The molecule has 2 aliphatic heterocycles. The van der Waals surface area contributed by atoms with E-state index < -0.39 is 40.7 Å². The summed E-state index contributed by atoms with van der Waals surface area (Å²) in [5.74, 6) is -4.02. The molecule has 2 saturated heterocycles. The van der Waals surface area contributed by atoms with E-state index in [1.165, 1.54) is 9.80 Å². The van der Waals surface area contributed by atoms with Crippen LogP contribution >= 0.6 is 15.9 Å². The molecule has 4 aliphatic rings. The van der Waals surface area contributed by atoms with Gasteiger partial charge in [-0.2, -0.15) is 0 Å². The molecule has 7 nitrogen and oxygen atoms in total. The van der Waals surface area contributed by atoms with Gasteiger partial charge in [0, 0.05) is 27.0 Å². The monoisotopic (exact) mass is 556 g/mol. The fourth-order valence-electron chi connectivity index (χ4n) is 7.03. The van der Waals surface area contributed by atoms with Crippen molar-refractivity contribution in [3.63, 3.8) is 0 Å². The lowest BCUT2D eigenvalue weighted by Crippen LogP contribution is -2.47. The summed E-state index contributed by atoms with van der Waals surface area (Å²) in [5, 5.41) is 10.9. The summed E-state index contributed by atoms with van der Waals surface area (Å²) >= 11 is 3.49. The first-order valence-electron chi connectivity index (χ1n) is 12.6. The third kappa shape index (κ3) is 3.51. The van der Waals surface area contributed by atoms with Crippen molar-refractivity contribution in [1.29, 1.82) is 0 Å². The van der Waals surface area contributed by atoms with Crippen LogP contribution in [0.1, 0.15) is 65.9 Å². The Labute approximate surface area is 220 Å². The van der Waals surface area contributed by atoms with Gasteiger partial charge in [-0.05, 0) is 78.5 Å². The van der Waals surface area contributed by atoms with Gasteiger partial charge < -0.3 is 5.11 Å². The number of fused-ring (bicyclic) bond motifs is 4. The molecular weight excluding hydrogens is 524 g/mol. The molecule has 4 amide bonds. The summed E-state index contributed by atoms with van der Waals surface area (Å²) in [7, 11) is 0. The third-order valence-electron chi connectivity index (χ3n) is 8.31. The molecule has 36 heavy (non-hydrogen) atoms. The summed E-state index contributed by atoms with van der Waals surface area (Å²) in [5.41, 5.74) is 0.113. The van der Waals surface area contributed by atoms with Crippen LogP contribution in [-0.2, 0) is 19.2 Å². The number of halogens is 1. The maximum absolute atomic E-state index is 13.8. The quantitative estimate of drug-likeness (QED) is 0.409. The van der Waals surface area contributed by atoms with E-state index in [1.807, 2.05) is 47.6 Å². The number of allylic oxidation sites excluding steroid dienone is 2. The van der Waals surface area contributed by atoms with Crippen LogP contribution < -0.4 is 0 Å². The summed E-state index contributed by atoms with van der Waals surface area (Å²) in [6.07, 6.45) is 2.75. The van der Waals surface area contributed by atoms with E-state index in [0.29, 0.717) is 18.4 Å². The van der Waals surface area contributed by atoms with E-state index >= 15 is 0 Å². The van der Waals surface area contributed by atoms with Crippen molar-refractivity contribution in [3.8, 4) is 5.75 Å². The minimum absolute atomic E-state index is 0.0465. The molecule has 0 aromatic heterocycles. The van der Waals surface area contributed by atoms with Gasteiger partial charge in [-0.15, -0.1) is 0 Å². The van der Waals surface area contributed by atoms with Gasteiger partial charge in [-0.3, -0.25) is 29.0 Å². The third-order valence-corrected chi connectivity index (χ3v) is 8.81. The predicted octanol–water partition coefficient (Wildman–Crippen LogP) is 4.39. The van der Waals surface area contributed by atoms with E-state index in [9.17, 15) is 24.3 Å². The Bertz CT molecular complexity index is 1220. The Hall–Kier alpha value is -2.48. The number of aromatic hydroxyl groups is 1. The highest BCUT2D eigenvalue weighted by Crippen LogP contribution is 2.59. The first kappa shape index (κ1) is 25.2. The molecule has 8 heteroatoms. The van der Waals surface area contributed by atoms with Gasteiger partial charge in [0.05, 0.1) is 23.7 Å². The SMILES string of the molecule is CC(C)(C)N1C(=O)C2CC=C3C(CC4C(=O)N(C(C)(C)C)C(=O)C4C3c3cc(Br)ccc3O)C2C1=O. The van der Waals surface area contributed by atoms with Crippen LogP contribution in [-0.4, -0.2) is 49.6 Å². The van der Waals surface area contributed by atoms with Crippen LogP contribution in [0.3, 0.4) is 0 Å². The topological polar surface area (TPSA) is 95.0 Å². The number of phenolic OH excluding ortho intramolecular Hbond substituents is 1. The zero-order valence-electron chi connectivity index (χ0n) is 21.5. The molecule has 0 radical (unpaired) electrons. The van der Waals surface area contributed by atoms with Gasteiger partial charge in [0.2, 0.25) is 23.6 Å². The Balaban J connectivity index is 1.68. The molecule has 2 aliphatic carbocycles. The lowest BCUT2D eigenvalue weighted by Gasteiger charge is -2.44. The van der Waals surface area contributed by atoms with Gasteiger partial charge in [0.1, 0.15) is 5.75 Å². The Morgan fingerprint density at radius 2 is 1.36 bits per heavy atom. The molecule has 6 atom stereocenters. The number of carbonyl (C=O) groups is 4. The number of hydrogen-bond acceptors (Lipinski definition) is 5. The van der Waals surface area contributed by atoms with Gasteiger partial charge in [-0.25, -0.2) is 0 Å². The number of rotatable bonds is 1. The van der Waals surface area contributed by atoms with Crippen molar-refractivity contribution < 1.29 is 24.3 Å². The molecule has 1 aromatic rings. The van der Waals surface area contributed by atoms with Gasteiger partial charge in [0.15, 0.2) is 0 Å². The number of hydrogen-bond donors (Lipinski definition) is 1. The summed E-state index contributed by atoms with van der Waals surface area (Å²) in [4.78, 5) is 57.4. The number of likely N-dealkylation sites (tertiary alicyclic amines) is 2. The van der Waals surface area contributed by atoms with Gasteiger partial charge >= 0.3 is 0 Å². The molecule has 3 fully saturated rings. The van der Waals surface area contributed by atoms with Crippen LogP contribution in [0.15, 0.2) is 34.3 Å². The molecular formula is C28H33BrN2O5. The molecule has 2 heterocycles. The van der Waals surface area contributed by atoms with E-state index in [4.69, 9.17) is 0 Å². The molecule has 0 spiro atoms. The molecule has 1 saturated carbocycles. The molecule has 6 unspecified atom stereocenters. The highest BCUT2D eigenvalue weighted by atomic mass is 79.9. The fourth-order valence-corrected chi connectivity index (χ4v) is 7.41. The molecule has 0 bridgehead atoms. The van der Waals surface area contributed by atoms with Crippen LogP contribution in [0.4, 0.5) is 0 Å². The van der Waals surface area contributed by atoms with Crippen molar-refractivity contribution in [1.82, 2.24) is 9.80 Å². The normalized spacial score (nSPS) is 32.5. The van der Waals surface area contributed by atoms with E-state index in [1.54, 1.807) is 18.2 Å². The number of carbonyl (C=O) groups excluding carboxylic acids is 4. The number of nitrogens with zero attached hydrogens (tertiary/aromatic N) is 2. The second-order valence-corrected chi connectivity index (χ2v) is 13.5.